The minimum Gasteiger partial charge on any atom is -0.232 e. The zero-order valence-electron chi connectivity index (χ0n) is 13.4. The third-order valence-corrected chi connectivity index (χ3v) is 4.69. The van der Waals surface area contributed by atoms with Crippen molar-refractivity contribution in [3.63, 3.8) is 0 Å². The molecular formula is C22H16N2. The van der Waals surface area contributed by atoms with Crippen molar-refractivity contribution in [3.05, 3.63) is 84.6 Å². The van der Waals surface area contributed by atoms with E-state index in [1.54, 1.807) is 0 Å². The summed E-state index contributed by atoms with van der Waals surface area (Å²) >= 11 is 0. The van der Waals surface area contributed by atoms with E-state index in [1.165, 1.54) is 38.4 Å². The maximum Gasteiger partial charge on any atom is 0.0816 e. The second kappa shape index (κ2) is 4.93. The van der Waals surface area contributed by atoms with Gasteiger partial charge in [-0.1, -0.05) is 66.2 Å². The molecule has 0 aliphatic carbocycles. The van der Waals surface area contributed by atoms with Crippen molar-refractivity contribution in [2.75, 3.05) is 0 Å². The number of aryl methyl sites for hydroxylation is 1. The molecule has 0 atom stereocenters. The highest BCUT2D eigenvalue weighted by Gasteiger charge is 2.16. The Balaban J connectivity index is 2.10. The molecule has 5 aromatic rings. The molecule has 0 aliphatic heterocycles. The van der Waals surface area contributed by atoms with E-state index in [2.05, 4.69) is 84.2 Å². The van der Waals surface area contributed by atoms with Crippen molar-refractivity contribution in [1.29, 1.82) is 0 Å². The van der Waals surface area contributed by atoms with Gasteiger partial charge in [0.2, 0.25) is 0 Å². The quantitative estimate of drug-likeness (QED) is 0.393. The van der Waals surface area contributed by atoms with Gasteiger partial charge in [0.05, 0.1) is 17.2 Å². The number of hydrogen-bond acceptors (Lipinski definition) is 1. The minimum atomic E-state index is 1.15. The van der Waals surface area contributed by atoms with Gasteiger partial charge in [-0.15, -0.1) is 0 Å². The van der Waals surface area contributed by atoms with Crippen LogP contribution in [0.3, 0.4) is 0 Å². The van der Waals surface area contributed by atoms with Gasteiger partial charge in [-0.3, -0.25) is 0 Å². The average molecular weight is 308 g/mol. The number of benzene rings is 3. The van der Waals surface area contributed by atoms with Crippen LogP contribution in [0.25, 0.3) is 38.3 Å². The summed E-state index contributed by atoms with van der Waals surface area (Å²) in [4.78, 5) is 0. The van der Waals surface area contributed by atoms with Crippen molar-refractivity contribution in [3.8, 4) is 11.1 Å². The monoisotopic (exact) mass is 308 g/mol. The van der Waals surface area contributed by atoms with E-state index >= 15 is 0 Å². The topological polar surface area (TPSA) is 17.3 Å². The standard InChI is InChI=1S/C22H16N2/c1-15-11-12-20-19(13-15)21(16-7-3-2-4-8-16)22-18-10-6-5-9-17(18)14-23-24(20)22/h2-14H,1H3. The van der Waals surface area contributed by atoms with E-state index < -0.39 is 0 Å². The van der Waals surface area contributed by atoms with E-state index in [1.807, 2.05) is 6.20 Å². The maximum atomic E-state index is 4.73. The van der Waals surface area contributed by atoms with E-state index in [0.717, 1.165) is 5.52 Å². The number of aromatic nitrogens is 2. The van der Waals surface area contributed by atoms with Crippen LogP contribution in [-0.4, -0.2) is 9.61 Å². The van der Waals surface area contributed by atoms with Gasteiger partial charge in [0.25, 0.3) is 0 Å². The van der Waals surface area contributed by atoms with Crippen molar-refractivity contribution < 1.29 is 0 Å². The lowest BCUT2D eigenvalue weighted by Gasteiger charge is -2.05. The summed E-state index contributed by atoms with van der Waals surface area (Å²) in [6.07, 6.45) is 1.95. The largest absolute Gasteiger partial charge is 0.232 e. The molecule has 2 nitrogen and oxygen atoms in total. The molecule has 0 bridgehead atoms. The molecule has 0 radical (unpaired) electrons. The summed E-state index contributed by atoms with van der Waals surface area (Å²) in [6.45, 7) is 2.14. The molecule has 0 saturated heterocycles. The fraction of sp³-hybridized carbons (Fsp3) is 0.0455. The van der Waals surface area contributed by atoms with Gasteiger partial charge in [0.15, 0.2) is 0 Å². The van der Waals surface area contributed by atoms with Crippen molar-refractivity contribution in [1.82, 2.24) is 9.61 Å². The van der Waals surface area contributed by atoms with Crippen molar-refractivity contribution >= 4 is 27.2 Å². The van der Waals surface area contributed by atoms with Crippen LogP contribution >= 0.6 is 0 Å². The first-order chi connectivity index (χ1) is 11.8. The smallest absolute Gasteiger partial charge is 0.0816 e. The van der Waals surface area contributed by atoms with Crippen LogP contribution in [0.4, 0.5) is 0 Å². The lowest BCUT2D eigenvalue weighted by molar-refractivity contribution is 0.987. The van der Waals surface area contributed by atoms with Crippen LogP contribution in [-0.2, 0) is 0 Å². The molecule has 0 fully saturated rings. The lowest BCUT2D eigenvalue weighted by atomic mass is 10.00. The fourth-order valence-electron chi connectivity index (χ4n) is 3.60. The molecule has 0 spiro atoms. The number of hydrogen-bond donors (Lipinski definition) is 0. The molecular weight excluding hydrogens is 292 g/mol. The predicted molar refractivity (Wildman–Crippen MR) is 100 cm³/mol. The number of fused-ring (bicyclic) bond motifs is 5. The minimum absolute atomic E-state index is 1.15. The molecule has 5 rings (SSSR count). The molecule has 0 amide bonds. The summed E-state index contributed by atoms with van der Waals surface area (Å²) < 4.78 is 2.08. The van der Waals surface area contributed by atoms with Gasteiger partial charge in [-0.2, -0.15) is 5.10 Å². The number of nitrogens with zero attached hydrogens (tertiary/aromatic N) is 2. The van der Waals surface area contributed by atoms with E-state index in [4.69, 9.17) is 5.10 Å². The Morgan fingerprint density at radius 2 is 1.58 bits per heavy atom. The van der Waals surface area contributed by atoms with Gasteiger partial charge in [0.1, 0.15) is 0 Å². The molecule has 0 aliphatic rings. The second-order valence-electron chi connectivity index (χ2n) is 6.25. The summed E-state index contributed by atoms with van der Waals surface area (Å²) in [6, 6.07) is 25.7. The maximum absolute atomic E-state index is 4.73. The van der Waals surface area contributed by atoms with Gasteiger partial charge >= 0.3 is 0 Å². The first-order valence-corrected chi connectivity index (χ1v) is 8.17. The first-order valence-electron chi connectivity index (χ1n) is 8.17. The second-order valence-corrected chi connectivity index (χ2v) is 6.25. The molecule has 3 aromatic carbocycles. The van der Waals surface area contributed by atoms with Crippen LogP contribution in [0.2, 0.25) is 0 Å². The summed E-state index contributed by atoms with van der Waals surface area (Å²) in [5.74, 6) is 0. The Hall–Kier alpha value is -3.13. The van der Waals surface area contributed by atoms with Crippen LogP contribution in [0.15, 0.2) is 79.0 Å². The molecule has 2 aromatic heterocycles. The molecule has 0 unspecified atom stereocenters. The summed E-state index contributed by atoms with van der Waals surface area (Å²) in [7, 11) is 0. The molecule has 24 heavy (non-hydrogen) atoms. The van der Waals surface area contributed by atoms with Gasteiger partial charge in [-0.05, 0) is 24.6 Å². The Morgan fingerprint density at radius 3 is 2.46 bits per heavy atom. The van der Waals surface area contributed by atoms with Crippen molar-refractivity contribution in [2.45, 2.75) is 6.92 Å². The third kappa shape index (κ3) is 1.80. The van der Waals surface area contributed by atoms with Crippen LogP contribution in [0, 0.1) is 6.92 Å². The normalized spacial score (nSPS) is 11.5. The van der Waals surface area contributed by atoms with Crippen LogP contribution in [0.5, 0.6) is 0 Å². The SMILES string of the molecule is Cc1ccc2c(c1)c(-c1ccccc1)c1c3ccccc3cnn21. The molecule has 114 valence electrons. The summed E-state index contributed by atoms with van der Waals surface area (Å²) in [5, 5.41) is 8.39. The molecule has 0 saturated carbocycles. The fourth-order valence-corrected chi connectivity index (χ4v) is 3.60. The number of rotatable bonds is 1. The molecule has 2 heterocycles. The third-order valence-electron chi connectivity index (χ3n) is 4.69. The van der Waals surface area contributed by atoms with Crippen molar-refractivity contribution in [2.24, 2.45) is 0 Å². The van der Waals surface area contributed by atoms with Gasteiger partial charge in [0, 0.05) is 21.7 Å². The Kier molecular flexibility index (Phi) is 2.74. The van der Waals surface area contributed by atoms with E-state index in [9.17, 15) is 0 Å². The zero-order valence-corrected chi connectivity index (χ0v) is 13.4. The predicted octanol–water partition coefficient (Wildman–Crippen LogP) is 5.62. The Labute approximate surface area is 140 Å². The van der Waals surface area contributed by atoms with Crippen LogP contribution in [0.1, 0.15) is 5.56 Å². The Bertz CT molecular complexity index is 1200. The van der Waals surface area contributed by atoms with Gasteiger partial charge < -0.3 is 0 Å². The highest BCUT2D eigenvalue weighted by molar-refractivity contribution is 6.14. The van der Waals surface area contributed by atoms with E-state index in [0.29, 0.717) is 0 Å². The zero-order chi connectivity index (χ0) is 16.1. The van der Waals surface area contributed by atoms with Crippen LogP contribution < -0.4 is 0 Å². The highest BCUT2D eigenvalue weighted by atomic mass is 15.2. The van der Waals surface area contributed by atoms with Gasteiger partial charge in [-0.25, -0.2) is 4.52 Å². The first kappa shape index (κ1) is 13.3. The highest BCUT2D eigenvalue weighted by Crippen LogP contribution is 2.38. The lowest BCUT2D eigenvalue weighted by Crippen LogP contribution is -1.91. The average Bonchev–Trinajstić information content (AvgIpc) is 2.96. The molecule has 0 N–H and O–H groups in total. The van der Waals surface area contributed by atoms with E-state index in [-0.39, 0.29) is 0 Å². The summed E-state index contributed by atoms with van der Waals surface area (Å²) in [5.41, 5.74) is 6.09. The molecule has 2 heteroatoms. The Morgan fingerprint density at radius 1 is 0.792 bits per heavy atom.